The van der Waals surface area contributed by atoms with Crippen LogP contribution in [0.5, 0.6) is 0 Å². The van der Waals surface area contributed by atoms with Crippen LogP contribution in [-0.2, 0) is 4.74 Å². The summed E-state index contributed by atoms with van der Waals surface area (Å²) >= 11 is 0. The van der Waals surface area contributed by atoms with Crippen LogP contribution in [-0.4, -0.2) is 22.4 Å². The topological polar surface area (TPSA) is 52.1 Å². The highest BCUT2D eigenvalue weighted by Gasteiger charge is 2.20. The van der Waals surface area contributed by atoms with Crippen LogP contribution >= 0.6 is 0 Å². The summed E-state index contributed by atoms with van der Waals surface area (Å²) in [6.45, 7) is 10.1. The van der Waals surface area contributed by atoms with Crippen LogP contribution in [0.15, 0.2) is 6.20 Å². The van der Waals surface area contributed by atoms with E-state index in [1.807, 2.05) is 13.8 Å². The third kappa shape index (κ3) is 3.33. The summed E-state index contributed by atoms with van der Waals surface area (Å²) in [6, 6.07) is 0. The largest absolute Gasteiger partial charge is 0.370 e. The lowest BCUT2D eigenvalue weighted by Gasteiger charge is -2.19. The number of aryl methyl sites for hydroxylation is 1. The molecule has 1 aromatic rings. The van der Waals surface area contributed by atoms with Gasteiger partial charge in [-0.05, 0) is 26.7 Å². The van der Waals surface area contributed by atoms with Crippen molar-refractivity contribution < 1.29 is 9.53 Å². The van der Waals surface area contributed by atoms with Crippen LogP contribution < -0.4 is 0 Å². The van der Waals surface area contributed by atoms with Crippen LogP contribution in [0.1, 0.15) is 55.7 Å². The molecule has 1 aromatic heterocycles. The molecule has 94 valence electrons. The van der Waals surface area contributed by atoms with E-state index in [1.165, 1.54) is 6.92 Å². The second-order valence-electron chi connectivity index (χ2n) is 4.40. The maximum atomic E-state index is 11.3. The number of ketones is 1. The van der Waals surface area contributed by atoms with Gasteiger partial charge in [0.05, 0.1) is 11.3 Å². The first kappa shape index (κ1) is 13.8. The summed E-state index contributed by atoms with van der Waals surface area (Å²) in [5.74, 6) is 0.952. The molecule has 1 rings (SSSR count). The van der Waals surface area contributed by atoms with Gasteiger partial charge < -0.3 is 4.74 Å². The Bertz CT molecular complexity index is 402. The van der Waals surface area contributed by atoms with E-state index in [1.54, 1.807) is 6.20 Å². The quantitative estimate of drug-likeness (QED) is 0.738. The maximum Gasteiger partial charge on any atom is 0.163 e. The summed E-state index contributed by atoms with van der Waals surface area (Å²) in [4.78, 5) is 19.9. The average molecular weight is 236 g/mol. The van der Waals surface area contributed by atoms with E-state index in [0.717, 1.165) is 0 Å². The molecule has 4 nitrogen and oxygen atoms in total. The van der Waals surface area contributed by atoms with Gasteiger partial charge in [0.2, 0.25) is 0 Å². The first-order valence-electron chi connectivity index (χ1n) is 5.93. The van der Waals surface area contributed by atoms with Gasteiger partial charge in [0, 0.05) is 12.8 Å². The SMILES string of the molecule is CCOC(c1ncc(C(C)=O)c(C)n1)C(C)C. The monoisotopic (exact) mass is 236 g/mol. The number of ether oxygens (including phenoxy) is 1. The molecular formula is C13H20N2O2. The molecule has 0 N–H and O–H groups in total. The number of hydrogen-bond donors (Lipinski definition) is 0. The highest BCUT2D eigenvalue weighted by Crippen LogP contribution is 2.23. The van der Waals surface area contributed by atoms with E-state index in [-0.39, 0.29) is 11.9 Å². The third-order valence-electron chi connectivity index (χ3n) is 2.58. The molecule has 0 radical (unpaired) electrons. The van der Waals surface area contributed by atoms with Crippen molar-refractivity contribution in [3.8, 4) is 0 Å². The Morgan fingerprint density at radius 1 is 1.47 bits per heavy atom. The molecule has 0 aliphatic heterocycles. The predicted octanol–water partition coefficient (Wildman–Crippen LogP) is 2.72. The van der Waals surface area contributed by atoms with Gasteiger partial charge in [-0.15, -0.1) is 0 Å². The average Bonchev–Trinajstić information content (AvgIpc) is 2.24. The van der Waals surface area contributed by atoms with Crippen molar-refractivity contribution in [2.45, 2.75) is 40.7 Å². The van der Waals surface area contributed by atoms with Crippen LogP contribution in [0.4, 0.5) is 0 Å². The molecule has 0 saturated carbocycles. The zero-order chi connectivity index (χ0) is 13.0. The summed E-state index contributed by atoms with van der Waals surface area (Å²) in [7, 11) is 0. The summed E-state index contributed by atoms with van der Waals surface area (Å²) in [5.41, 5.74) is 1.29. The number of aromatic nitrogens is 2. The molecule has 1 atom stereocenters. The highest BCUT2D eigenvalue weighted by atomic mass is 16.5. The lowest BCUT2D eigenvalue weighted by Crippen LogP contribution is -2.16. The molecule has 0 bridgehead atoms. The Labute approximate surface area is 102 Å². The highest BCUT2D eigenvalue weighted by molar-refractivity contribution is 5.94. The van der Waals surface area contributed by atoms with E-state index < -0.39 is 0 Å². The van der Waals surface area contributed by atoms with Crippen molar-refractivity contribution in [2.75, 3.05) is 6.61 Å². The van der Waals surface area contributed by atoms with Crippen molar-refractivity contribution in [3.63, 3.8) is 0 Å². The second-order valence-corrected chi connectivity index (χ2v) is 4.40. The summed E-state index contributed by atoms with van der Waals surface area (Å²) in [5, 5.41) is 0. The Morgan fingerprint density at radius 3 is 2.53 bits per heavy atom. The molecule has 0 fully saturated rings. The zero-order valence-corrected chi connectivity index (χ0v) is 11.2. The molecule has 4 heteroatoms. The van der Waals surface area contributed by atoms with E-state index in [4.69, 9.17) is 4.74 Å². The van der Waals surface area contributed by atoms with Gasteiger partial charge in [0.25, 0.3) is 0 Å². The van der Waals surface area contributed by atoms with Gasteiger partial charge in [-0.25, -0.2) is 9.97 Å². The standard InChI is InChI=1S/C13H20N2O2/c1-6-17-12(8(2)3)13-14-7-11(10(5)16)9(4)15-13/h7-8,12H,6H2,1-5H3. The maximum absolute atomic E-state index is 11.3. The summed E-state index contributed by atoms with van der Waals surface area (Å²) < 4.78 is 5.63. The number of nitrogens with zero attached hydrogens (tertiary/aromatic N) is 2. The minimum atomic E-state index is -0.111. The van der Waals surface area contributed by atoms with Crippen molar-refractivity contribution in [1.82, 2.24) is 9.97 Å². The molecule has 0 aliphatic rings. The Balaban J connectivity index is 3.06. The van der Waals surface area contributed by atoms with Crippen LogP contribution in [0.2, 0.25) is 0 Å². The van der Waals surface area contributed by atoms with Gasteiger partial charge in [0.1, 0.15) is 6.10 Å². The smallest absolute Gasteiger partial charge is 0.163 e. The first-order valence-corrected chi connectivity index (χ1v) is 5.93. The van der Waals surface area contributed by atoms with Crippen LogP contribution in [0, 0.1) is 12.8 Å². The number of hydrogen-bond acceptors (Lipinski definition) is 4. The van der Waals surface area contributed by atoms with Gasteiger partial charge in [-0.3, -0.25) is 4.79 Å². The fraction of sp³-hybridized carbons (Fsp3) is 0.615. The predicted molar refractivity (Wildman–Crippen MR) is 66.0 cm³/mol. The number of carbonyl (C=O) groups is 1. The fourth-order valence-corrected chi connectivity index (χ4v) is 1.71. The van der Waals surface area contributed by atoms with Crippen molar-refractivity contribution in [2.24, 2.45) is 5.92 Å². The van der Waals surface area contributed by atoms with E-state index in [0.29, 0.717) is 29.6 Å². The third-order valence-corrected chi connectivity index (χ3v) is 2.58. The minimum Gasteiger partial charge on any atom is -0.370 e. The fourth-order valence-electron chi connectivity index (χ4n) is 1.71. The minimum absolute atomic E-state index is 0.00782. The first-order chi connectivity index (χ1) is 7.97. The molecule has 0 saturated heterocycles. The molecule has 0 aliphatic carbocycles. The van der Waals surface area contributed by atoms with E-state index in [9.17, 15) is 4.79 Å². The molecular weight excluding hydrogens is 216 g/mol. The Morgan fingerprint density at radius 2 is 2.12 bits per heavy atom. The van der Waals surface area contributed by atoms with Gasteiger partial charge >= 0.3 is 0 Å². The molecule has 0 aromatic carbocycles. The zero-order valence-electron chi connectivity index (χ0n) is 11.2. The van der Waals surface area contributed by atoms with Gasteiger partial charge in [0.15, 0.2) is 11.6 Å². The van der Waals surface area contributed by atoms with Gasteiger partial charge in [-0.1, -0.05) is 13.8 Å². The Kier molecular flexibility index (Phi) is 4.75. The number of rotatable bonds is 5. The van der Waals surface area contributed by atoms with Gasteiger partial charge in [-0.2, -0.15) is 0 Å². The normalized spacial score (nSPS) is 12.8. The van der Waals surface area contributed by atoms with Crippen molar-refractivity contribution in [1.29, 1.82) is 0 Å². The number of Topliss-reactive ketones (excluding diaryl/α,β-unsaturated/α-hetero) is 1. The molecule has 1 unspecified atom stereocenters. The lowest BCUT2D eigenvalue weighted by molar-refractivity contribution is 0.0230. The Hall–Kier alpha value is -1.29. The summed E-state index contributed by atoms with van der Waals surface area (Å²) in [6.07, 6.45) is 1.48. The van der Waals surface area contributed by atoms with Crippen LogP contribution in [0.3, 0.4) is 0 Å². The van der Waals surface area contributed by atoms with E-state index in [2.05, 4.69) is 23.8 Å². The molecule has 17 heavy (non-hydrogen) atoms. The number of carbonyl (C=O) groups excluding carboxylic acids is 1. The van der Waals surface area contributed by atoms with Crippen molar-refractivity contribution >= 4 is 5.78 Å². The molecule has 0 spiro atoms. The second kappa shape index (κ2) is 5.87. The van der Waals surface area contributed by atoms with Crippen LogP contribution in [0.25, 0.3) is 0 Å². The van der Waals surface area contributed by atoms with Crippen molar-refractivity contribution in [3.05, 3.63) is 23.3 Å². The lowest BCUT2D eigenvalue weighted by atomic mass is 10.1. The van der Waals surface area contributed by atoms with E-state index >= 15 is 0 Å². The molecule has 0 amide bonds. The molecule has 1 heterocycles.